The van der Waals surface area contributed by atoms with Gasteiger partial charge in [-0.2, -0.15) is 0 Å². The molecule has 1 fully saturated rings. The molecule has 3 rings (SSSR count). The van der Waals surface area contributed by atoms with E-state index in [2.05, 4.69) is 36.1 Å². The number of nitrogens with zero attached hydrogens (tertiary/aromatic N) is 1. The molecule has 1 aromatic carbocycles. The summed E-state index contributed by atoms with van der Waals surface area (Å²) in [5.41, 5.74) is 9.17. The summed E-state index contributed by atoms with van der Waals surface area (Å²) in [5, 5.41) is 0. The van der Waals surface area contributed by atoms with Crippen LogP contribution in [-0.4, -0.2) is 23.5 Å². The number of rotatable bonds is 2. The number of fused-ring (bicyclic) bond motifs is 1. The van der Waals surface area contributed by atoms with Crippen LogP contribution in [0, 0.1) is 0 Å². The minimum atomic E-state index is 0.583. The normalized spacial score (nSPS) is 32.0. The number of hydrogen-bond donors (Lipinski definition) is 1. The Bertz CT molecular complexity index is 429. The molecule has 2 N–H and O–H groups in total. The molecule has 0 aromatic heterocycles. The molecule has 1 aromatic rings. The SMILES string of the molecule is CC1CCCC(CN)N1C1CCCc2ccccc21. The lowest BCUT2D eigenvalue weighted by molar-refractivity contribution is 0.0412. The maximum atomic E-state index is 6.04. The van der Waals surface area contributed by atoms with Gasteiger partial charge in [0.2, 0.25) is 0 Å². The molecule has 1 aliphatic carbocycles. The summed E-state index contributed by atoms with van der Waals surface area (Å²) in [7, 11) is 0. The molecular weight excluding hydrogens is 232 g/mol. The van der Waals surface area contributed by atoms with Crippen LogP contribution in [0.4, 0.5) is 0 Å². The van der Waals surface area contributed by atoms with Crippen LogP contribution in [0.5, 0.6) is 0 Å². The third-order valence-electron chi connectivity index (χ3n) is 5.06. The van der Waals surface area contributed by atoms with Crippen molar-refractivity contribution < 1.29 is 0 Å². The summed E-state index contributed by atoms with van der Waals surface area (Å²) in [6.07, 6.45) is 7.82. The standard InChI is InChI=1S/C17H26N2/c1-13-6-4-9-15(12-18)19(13)17-11-5-8-14-7-2-3-10-16(14)17/h2-3,7,10,13,15,17H,4-6,8-9,11-12,18H2,1H3. The van der Waals surface area contributed by atoms with Crippen molar-refractivity contribution in [2.45, 2.75) is 63.6 Å². The Balaban J connectivity index is 1.92. The van der Waals surface area contributed by atoms with Gasteiger partial charge < -0.3 is 5.73 Å². The zero-order valence-corrected chi connectivity index (χ0v) is 12.0. The van der Waals surface area contributed by atoms with Crippen molar-refractivity contribution in [3.63, 3.8) is 0 Å². The second-order valence-corrected chi connectivity index (χ2v) is 6.22. The number of hydrogen-bond acceptors (Lipinski definition) is 2. The van der Waals surface area contributed by atoms with Gasteiger partial charge in [0.15, 0.2) is 0 Å². The molecular formula is C17H26N2. The molecule has 3 atom stereocenters. The van der Waals surface area contributed by atoms with Gasteiger partial charge in [0.1, 0.15) is 0 Å². The molecule has 0 saturated carbocycles. The molecule has 0 amide bonds. The monoisotopic (exact) mass is 258 g/mol. The van der Waals surface area contributed by atoms with Gasteiger partial charge in [0.05, 0.1) is 0 Å². The molecule has 1 saturated heterocycles. The third-order valence-corrected chi connectivity index (χ3v) is 5.06. The van der Waals surface area contributed by atoms with Crippen LogP contribution in [0.1, 0.15) is 56.2 Å². The van der Waals surface area contributed by atoms with Crippen LogP contribution in [0.2, 0.25) is 0 Å². The quantitative estimate of drug-likeness (QED) is 0.882. The fourth-order valence-electron chi connectivity index (χ4n) is 4.15. The van der Waals surface area contributed by atoms with Crippen LogP contribution in [-0.2, 0) is 6.42 Å². The Kier molecular flexibility index (Phi) is 3.90. The maximum Gasteiger partial charge on any atom is 0.0357 e. The first kappa shape index (κ1) is 13.1. The third kappa shape index (κ3) is 2.44. The van der Waals surface area contributed by atoms with Gasteiger partial charge in [-0.15, -0.1) is 0 Å². The van der Waals surface area contributed by atoms with Gasteiger partial charge in [-0.25, -0.2) is 0 Å². The highest BCUT2D eigenvalue weighted by Crippen LogP contribution is 2.39. The molecule has 104 valence electrons. The maximum absolute atomic E-state index is 6.04. The summed E-state index contributed by atoms with van der Waals surface area (Å²) < 4.78 is 0. The minimum absolute atomic E-state index is 0.583. The van der Waals surface area contributed by atoms with Gasteiger partial charge >= 0.3 is 0 Å². The highest BCUT2D eigenvalue weighted by atomic mass is 15.2. The number of nitrogens with two attached hydrogens (primary N) is 1. The first-order chi connectivity index (χ1) is 9.31. The van der Waals surface area contributed by atoms with Crippen LogP contribution in [0.25, 0.3) is 0 Å². The Morgan fingerprint density at radius 3 is 2.84 bits per heavy atom. The highest BCUT2D eigenvalue weighted by molar-refractivity contribution is 5.32. The van der Waals surface area contributed by atoms with Crippen LogP contribution >= 0.6 is 0 Å². The van der Waals surface area contributed by atoms with E-state index in [0.717, 1.165) is 6.54 Å². The molecule has 1 aliphatic heterocycles. The second-order valence-electron chi connectivity index (χ2n) is 6.22. The van der Waals surface area contributed by atoms with Gasteiger partial charge in [-0.05, 0) is 50.2 Å². The molecule has 3 unspecified atom stereocenters. The van der Waals surface area contributed by atoms with Crippen molar-refractivity contribution in [2.24, 2.45) is 5.73 Å². The van der Waals surface area contributed by atoms with Crippen LogP contribution in [0.15, 0.2) is 24.3 Å². The number of benzene rings is 1. The van der Waals surface area contributed by atoms with E-state index in [9.17, 15) is 0 Å². The van der Waals surface area contributed by atoms with E-state index in [1.807, 2.05) is 0 Å². The molecule has 0 spiro atoms. The molecule has 2 aliphatic rings. The molecule has 2 nitrogen and oxygen atoms in total. The zero-order chi connectivity index (χ0) is 13.2. The summed E-state index contributed by atoms with van der Waals surface area (Å²) in [4.78, 5) is 2.74. The number of aryl methyl sites for hydroxylation is 1. The summed E-state index contributed by atoms with van der Waals surface area (Å²) in [5.74, 6) is 0. The smallest absolute Gasteiger partial charge is 0.0357 e. The average Bonchev–Trinajstić information content (AvgIpc) is 2.46. The predicted octanol–water partition coefficient (Wildman–Crippen LogP) is 3.27. The van der Waals surface area contributed by atoms with Crippen molar-refractivity contribution in [3.8, 4) is 0 Å². The number of likely N-dealkylation sites (tertiary alicyclic amines) is 1. The highest BCUT2D eigenvalue weighted by Gasteiger charge is 2.35. The molecule has 19 heavy (non-hydrogen) atoms. The lowest BCUT2D eigenvalue weighted by Gasteiger charge is -2.47. The minimum Gasteiger partial charge on any atom is -0.329 e. The molecule has 0 radical (unpaired) electrons. The van der Waals surface area contributed by atoms with E-state index in [4.69, 9.17) is 5.73 Å². The summed E-state index contributed by atoms with van der Waals surface area (Å²) in [6, 6.07) is 10.9. The van der Waals surface area contributed by atoms with E-state index in [1.54, 1.807) is 11.1 Å². The Morgan fingerprint density at radius 1 is 1.16 bits per heavy atom. The van der Waals surface area contributed by atoms with Crippen molar-refractivity contribution in [2.75, 3.05) is 6.54 Å². The van der Waals surface area contributed by atoms with Gasteiger partial charge in [-0.3, -0.25) is 4.90 Å². The van der Waals surface area contributed by atoms with Gasteiger partial charge in [-0.1, -0.05) is 30.7 Å². The summed E-state index contributed by atoms with van der Waals surface area (Å²) >= 11 is 0. The Labute approximate surface area is 117 Å². The summed E-state index contributed by atoms with van der Waals surface area (Å²) in [6.45, 7) is 3.20. The van der Waals surface area contributed by atoms with Crippen LogP contribution in [0.3, 0.4) is 0 Å². The first-order valence-electron chi connectivity index (χ1n) is 7.86. The Morgan fingerprint density at radius 2 is 2.00 bits per heavy atom. The molecule has 1 heterocycles. The van der Waals surface area contributed by atoms with Crippen molar-refractivity contribution in [3.05, 3.63) is 35.4 Å². The number of piperidine rings is 1. The van der Waals surface area contributed by atoms with E-state index < -0.39 is 0 Å². The first-order valence-corrected chi connectivity index (χ1v) is 7.86. The van der Waals surface area contributed by atoms with Crippen molar-refractivity contribution in [1.29, 1.82) is 0 Å². The van der Waals surface area contributed by atoms with Gasteiger partial charge in [0.25, 0.3) is 0 Å². The largest absolute Gasteiger partial charge is 0.329 e. The molecule has 0 bridgehead atoms. The fraction of sp³-hybridized carbons (Fsp3) is 0.647. The van der Waals surface area contributed by atoms with E-state index >= 15 is 0 Å². The predicted molar refractivity (Wildman–Crippen MR) is 80.1 cm³/mol. The lowest BCUT2D eigenvalue weighted by Crippen LogP contribution is -2.51. The van der Waals surface area contributed by atoms with Gasteiger partial charge in [0, 0.05) is 24.7 Å². The average molecular weight is 258 g/mol. The van der Waals surface area contributed by atoms with E-state index in [0.29, 0.717) is 18.1 Å². The fourth-order valence-corrected chi connectivity index (χ4v) is 4.15. The zero-order valence-electron chi connectivity index (χ0n) is 12.0. The lowest BCUT2D eigenvalue weighted by atomic mass is 9.83. The van der Waals surface area contributed by atoms with Crippen molar-refractivity contribution >= 4 is 0 Å². The molecule has 2 heteroatoms. The van der Waals surface area contributed by atoms with E-state index in [-0.39, 0.29) is 0 Å². The second kappa shape index (κ2) is 5.64. The topological polar surface area (TPSA) is 29.3 Å². The van der Waals surface area contributed by atoms with E-state index in [1.165, 1.54) is 38.5 Å². The Hall–Kier alpha value is -0.860. The van der Waals surface area contributed by atoms with Crippen LogP contribution < -0.4 is 5.73 Å². The van der Waals surface area contributed by atoms with Crippen molar-refractivity contribution in [1.82, 2.24) is 4.90 Å².